The lowest BCUT2D eigenvalue weighted by molar-refractivity contribution is 0.00578. The van der Waals surface area contributed by atoms with Crippen LogP contribution in [0.3, 0.4) is 0 Å². The van der Waals surface area contributed by atoms with Crippen molar-refractivity contribution >= 4 is 12.6 Å². The van der Waals surface area contributed by atoms with Gasteiger partial charge in [-0.15, -0.1) is 0 Å². The van der Waals surface area contributed by atoms with Gasteiger partial charge < -0.3 is 18.8 Å². The van der Waals surface area contributed by atoms with E-state index in [1.165, 1.54) is 12.1 Å². The minimum Gasteiger partial charge on any atom is -0.491 e. The molecule has 1 fully saturated rings. The van der Waals surface area contributed by atoms with Crippen LogP contribution in [-0.2, 0) is 14.0 Å². The maximum absolute atomic E-state index is 13.8. The molecule has 1 aromatic carbocycles. The fraction of sp³-hybridized carbons (Fsp3) is 0.600. The van der Waals surface area contributed by atoms with Crippen LogP contribution in [0.1, 0.15) is 27.7 Å². The Kier molecular flexibility index (Phi) is 4.61. The van der Waals surface area contributed by atoms with E-state index in [2.05, 4.69) is 0 Å². The number of benzene rings is 1. The fourth-order valence-corrected chi connectivity index (χ4v) is 2.03. The lowest BCUT2D eigenvalue weighted by Crippen LogP contribution is -2.41. The monoisotopic (exact) mass is 296 g/mol. The average Bonchev–Trinajstić information content (AvgIpc) is 2.58. The molecule has 1 aliphatic heterocycles. The van der Waals surface area contributed by atoms with Crippen LogP contribution < -0.4 is 10.2 Å². The van der Waals surface area contributed by atoms with Crippen molar-refractivity contribution in [3.63, 3.8) is 0 Å². The van der Waals surface area contributed by atoms with Crippen molar-refractivity contribution in [3.05, 3.63) is 24.0 Å². The second kappa shape index (κ2) is 5.95. The van der Waals surface area contributed by atoms with Crippen molar-refractivity contribution in [2.45, 2.75) is 38.9 Å². The molecule has 1 saturated heterocycles. The zero-order chi connectivity index (χ0) is 15.7. The second-order valence-electron chi connectivity index (χ2n) is 6.15. The van der Waals surface area contributed by atoms with E-state index in [4.69, 9.17) is 18.8 Å². The van der Waals surface area contributed by atoms with Gasteiger partial charge in [-0.2, -0.15) is 0 Å². The van der Waals surface area contributed by atoms with Crippen LogP contribution in [-0.4, -0.2) is 38.6 Å². The van der Waals surface area contributed by atoms with E-state index in [0.717, 1.165) is 0 Å². The molecular formula is C15H22BFO4. The van der Waals surface area contributed by atoms with Gasteiger partial charge in [-0.25, -0.2) is 4.39 Å². The van der Waals surface area contributed by atoms with Gasteiger partial charge in [-0.3, -0.25) is 0 Å². The Hall–Kier alpha value is -1.11. The third kappa shape index (κ3) is 3.57. The fourth-order valence-electron chi connectivity index (χ4n) is 2.03. The summed E-state index contributed by atoms with van der Waals surface area (Å²) in [7, 11) is 0.987. The van der Waals surface area contributed by atoms with Crippen molar-refractivity contribution in [3.8, 4) is 5.75 Å². The molecule has 0 unspecified atom stereocenters. The molecule has 0 aliphatic carbocycles. The minimum absolute atomic E-state index is 0.364. The number of halogens is 1. The molecule has 4 nitrogen and oxygen atoms in total. The van der Waals surface area contributed by atoms with Gasteiger partial charge in [0.25, 0.3) is 0 Å². The van der Waals surface area contributed by atoms with Gasteiger partial charge >= 0.3 is 7.12 Å². The van der Waals surface area contributed by atoms with Crippen LogP contribution in [0.15, 0.2) is 18.2 Å². The molecule has 0 aromatic heterocycles. The molecule has 0 atom stereocenters. The summed E-state index contributed by atoms with van der Waals surface area (Å²) in [5.41, 5.74) is -0.302. The summed E-state index contributed by atoms with van der Waals surface area (Å²) in [6, 6.07) is 4.48. The SMILES string of the molecule is COCCOc1cc(F)cc(B2OC(C)(C)C(C)(C)O2)c1. The molecule has 0 spiro atoms. The smallest absolute Gasteiger partial charge is 0.491 e. The Morgan fingerprint density at radius 2 is 1.67 bits per heavy atom. The summed E-state index contributed by atoms with van der Waals surface area (Å²) < 4.78 is 36.0. The third-order valence-corrected chi connectivity index (χ3v) is 3.98. The number of hydrogen-bond acceptors (Lipinski definition) is 4. The van der Waals surface area contributed by atoms with Gasteiger partial charge in [-0.1, -0.05) is 0 Å². The van der Waals surface area contributed by atoms with Crippen LogP contribution in [0, 0.1) is 5.82 Å². The molecule has 0 saturated carbocycles. The van der Waals surface area contributed by atoms with E-state index in [1.807, 2.05) is 27.7 Å². The highest BCUT2D eigenvalue weighted by Crippen LogP contribution is 2.36. The Labute approximate surface area is 125 Å². The highest BCUT2D eigenvalue weighted by Gasteiger charge is 2.51. The van der Waals surface area contributed by atoms with Crippen LogP contribution in [0.5, 0.6) is 5.75 Å². The minimum atomic E-state index is -0.601. The molecule has 0 amide bonds. The number of rotatable bonds is 5. The maximum atomic E-state index is 13.8. The second-order valence-corrected chi connectivity index (χ2v) is 6.15. The van der Waals surface area contributed by atoms with Gasteiger partial charge in [0.1, 0.15) is 18.2 Å². The van der Waals surface area contributed by atoms with Gasteiger partial charge in [0.15, 0.2) is 0 Å². The molecule has 1 aliphatic rings. The molecule has 0 N–H and O–H groups in total. The number of methoxy groups -OCH3 is 1. The predicted molar refractivity (Wildman–Crippen MR) is 79.5 cm³/mol. The molecule has 1 heterocycles. The summed E-state index contributed by atoms with van der Waals surface area (Å²) in [5.74, 6) is 0.0615. The zero-order valence-electron chi connectivity index (χ0n) is 13.2. The average molecular weight is 296 g/mol. The third-order valence-electron chi connectivity index (χ3n) is 3.98. The summed E-state index contributed by atoms with van der Waals surface area (Å²) in [6.45, 7) is 8.65. The molecule has 6 heteroatoms. The first kappa shape index (κ1) is 16.3. The van der Waals surface area contributed by atoms with E-state index in [-0.39, 0.29) is 5.82 Å². The van der Waals surface area contributed by atoms with E-state index in [9.17, 15) is 4.39 Å². The lowest BCUT2D eigenvalue weighted by Gasteiger charge is -2.32. The van der Waals surface area contributed by atoms with E-state index in [1.54, 1.807) is 13.2 Å². The first-order valence-electron chi connectivity index (χ1n) is 7.03. The van der Waals surface area contributed by atoms with E-state index in [0.29, 0.717) is 24.4 Å². The van der Waals surface area contributed by atoms with Crippen LogP contribution in [0.2, 0.25) is 0 Å². The van der Waals surface area contributed by atoms with Gasteiger partial charge in [0.2, 0.25) is 0 Å². The quantitative estimate of drug-likeness (QED) is 0.616. The highest BCUT2D eigenvalue weighted by atomic mass is 19.1. The molecule has 0 bridgehead atoms. The van der Waals surface area contributed by atoms with Crippen LogP contribution in [0.4, 0.5) is 4.39 Å². The van der Waals surface area contributed by atoms with Gasteiger partial charge in [-0.05, 0) is 45.3 Å². The summed E-state index contributed by atoms with van der Waals surface area (Å²) >= 11 is 0. The Morgan fingerprint density at radius 3 is 2.24 bits per heavy atom. The lowest BCUT2D eigenvalue weighted by atomic mass is 9.79. The molecular weight excluding hydrogens is 274 g/mol. The van der Waals surface area contributed by atoms with Crippen molar-refractivity contribution in [2.75, 3.05) is 20.3 Å². The summed E-state index contributed by atoms with van der Waals surface area (Å²) in [5, 5.41) is 0. The molecule has 116 valence electrons. The number of ether oxygens (including phenoxy) is 2. The molecule has 1 aromatic rings. The summed E-state index contributed by atoms with van der Waals surface area (Å²) in [4.78, 5) is 0. The molecule has 2 rings (SSSR count). The van der Waals surface area contributed by atoms with Crippen molar-refractivity contribution in [1.82, 2.24) is 0 Å². The predicted octanol–water partition coefficient (Wildman–Crippen LogP) is 2.15. The zero-order valence-corrected chi connectivity index (χ0v) is 13.2. The first-order chi connectivity index (χ1) is 9.75. The van der Waals surface area contributed by atoms with Crippen LogP contribution >= 0.6 is 0 Å². The van der Waals surface area contributed by atoms with E-state index >= 15 is 0 Å². The Morgan fingerprint density at radius 1 is 1.05 bits per heavy atom. The maximum Gasteiger partial charge on any atom is 0.495 e. The molecule has 0 radical (unpaired) electrons. The first-order valence-corrected chi connectivity index (χ1v) is 7.03. The van der Waals surface area contributed by atoms with Crippen molar-refractivity contribution in [2.24, 2.45) is 0 Å². The van der Waals surface area contributed by atoms with Gasteiger partial charge in [0, 0.05) is 13.2 Å². The normalized spacial score (nSPS) is 19.8. The Bertz CT molecular complexity index is 488. The highest BCUT2D eigenvalue weighted by molar-refractivity contribution is 6.62. The standard InChI is InChI=1S/C15H22BFO4/c1-14(2)15(3,4)21-16(20-14)11-8-12(17)10-13(9-11)19-7-6-18-5/h8-10H,6-7H2,1-5H3. The van der Waals surface area contributed by atoms with Crippen molar-refractivity contribution in [1.29, 1.82) is 0 Å². The van der Waals surface area contributed by atoms with E-state index < -0.39 is 18.3 Å². The number of hydrogen-bond donors (Lipinski definition) is 0. The van der Waals surface area contributed by atoms with Crippen LogP contribution in [0.25, 0.3) is 0 Å². The summed E-state index contributed by atoms with van der Waals surface area (Å²) in [6.07, 6.45) is 0. The van der Waals surface area contributed by atoms with Gasteiger partial charge in [0.05, 0.1) is 17.8 Å². The van der Waals surface area contributed by atoms with Crippen molar-refractivity contribution < 1.29 is 23.2 Å². The topological polar surface area (TPSA) is 36.9 Å². The molecule has 21 heavy (non-hydrogen) atoms. The Balaban J connectivity index is 2.17. The largest absolute Gasteiger partial charge is 0.495 e.